The number of carbonyl (C=O) groups is 1. The average Bonchev–Trinajstić information content (AvgIpc) is 2.29. The topological polar surface area (TPSA) is 41.1 Å². The van der Waals surface area contributed by atoms with Crippen LogP contribution in [0.4, 0.5) is 5.69 Å². The number of aryl methyl sites for hydroxylation is 1. The summed E-state index contributed by atoms with van der Waals surface area (Å²) in [6.07, 6.45) is 0.911. The minimum absolute atomic E-state index is 0. The van der Waals surface area contributed by atoms with E-state index in [0.29, 0.717) is 5.92 Å². The van der Waals surface area contributed by atoms with Gasteiger partial charge in [0.25, 0.3) is 0 Å². The molecule has 0 aromatic heterocycles. The molecule has 1 aromatic carbocycles. The van der Waals surface area contributed by atoms with Crippen LogP contribution in [0.25, 0.3) is 0 Å². The molecule has 106 valence electrons. The van der Waals surface area contributed by atoms with Crippen LogP contribution >= 0.6 is 28.3 Å². The number of halogens is 2. The Morgan fingerprint density at radius 3 is 2.74 bits per heavy atom. The lowest BCUT2D eigenvalue weighted by molar-refractivity contribution is -0.121. The maximum absolute atomic E-state index is 12.1. The third kappa shape index (κ3) is 3.94. The summed E-state index contributed by atoms with van der Waals surface area (Å²) in [5.74, 6) is 0.670. The van der Waals surface area contributed by atoms with E-state index in [9.17, 15) is 4.79 Å². The van der Waals surface area contributed by atoms with E-state index in [1.165, 1.54) is 0 Å². The Bertz CT molecular complexity index is 449. The first kappa shape index (κ1) is 16.5. The zero-order valence-corrected chi connectivity index (χ0v) is 13.6. The van der Waals surface area contributed by atoms with Crippen molar-refractivity contribution in [1.82, 2.24) is 5.32 Å². The number of hydrogen-bond donors (Lipinski definition) is 2. The molecule has 1 aliphatic rings. The quantitative estimate of drug-likeness (QED) is 0.878. The van der Waals surface area contributed by atoms with Gasteiger partial charge >= 0.3 is 0 Å². The van der Waals surface area contributed by atoms with Crippen LogP contribution < -0.4 is 10.6 Å². The van der Waals surface area contributed by atoms with Crippen LogP contribution in [-0.2, 0) is 11.2 Å². The Labute approximate surface area is 129 Å². The highest BCUT2D eigenvalue weighted by atomic mass is 79.9. The highest BCUT2D eigenvalue weighted by molar-refractivity contribution is 9.10. The molecule has 5 heteroatoms. The smallest absolute Gasteiger partial charge is 0.227 e. The Morgan fingerprint density at radius 1 is 1.53 bits per heavy atom. The summed E-state index contributed by atoms with van der Waals surface area (Å²) in [6, 6.07) is 5.99. The Morgan fingerprint density at radius 2 is 2.21 bits per heavy atom. The minimum Gasteiger partial charge on any atom is -0.326 e. The van der Waals surface area contributed by atoms with Crippen LogP contribution in [0.5, 0.6) is 0 Å². The second kappa shape index (κ2) is 7.27. The van der Waals surface area contributed by atoms with Crippen molar-refractivity contribution in [3.63, 3.8) is 0 Å². The van der Waals surface area contributed by atoms with Crippen molar-refractivity contribution < 1.29 is 4.79 Å². The number of rotatable bonds is 4. The molecule has 2 N–H and O–H groups in total. The fourth-order valence-corrected chi connectivity index (χ4v) is 2.51. The summed E-state index contributed by atoms with van der Waals surface area (Å²) in [4.78, 5) is 12.1. The van der Waals surface area contributed by atoms with E-state index >= 15 is 0 Å². The highest BCUT2D eigenvalue weighted by Gasteiger charge is 2.28. The third-order valence-corrected chi connectivity index (χ3v) is 4.13. The van der Waals surface area contributed by atoms with Crippen LogP contribution in [0, 0.1) is 11.8 Å². The molecule has 1 aliphatic heterocycles. The van der Waals surface area contributed by atoms with Gasteiger partial charge in [-0.15, -0.1) is 12.4 Å². The number of nitrogens with one attached hydrogen (secondary N) is 2. The number of amides is 1. The standard InChI is InChI=1S/C14H19BrN2O.ClH/c1-3-10-6-12(15)4-5-13(10)17-14(18)9(2)11-7-16-8-11;/h4-6,9,11,16H,3,7-8H2,1-2H3,(H,17,18);1H. The molecule has 3 nitrogen and oxygen atoms in total. The maximum Gasteiger partial charge on any atom is 0.227 e. The van der Waals surface area contributed by atoms with Crippen molar-refractivity contribution >= 4 is 39.9 Å². The van der Waals surface area contributed by atoms with Gasteiger partial charge in [-0.05, 0) is 49.2 Å². The van der Waals surface area contributed by atoms with E-state index in [-0.39, 0.29) is 24.2 Å². The second-order valence-electron chi connectivity index (χ2n) is 4.85. The average molecular weight is 348 g/mol. The zero-order valence-electron chi connectivity index (χ0n) is 11.2. The van der Waals surface area contributed by atoms with Gasteiger partial charge in [0.15, 0.2) is 0 Å². The lowest BCUT2D eigenvalue weighted by Crippen LogP contribution is -2.48. The van der Waals surface area contributed by atoms with Gasteiger partial charge in [-0.1, -0.05) is 29.8 Å². The first-order chi connectivity index (χ1) is 8.61. The molecule has 1 atom stereocenters. The third-order valence-electron chi connectivity index (χ3n) is 3.64. The number of anilines is 1. The normalized spacial score (nSPS) is 16.2. The SMILES string of the molecule is CCc1cc(Br)ccc1NC(=O)C(C)C1CNC1.Cl. The summed E-state index contributed by atoms with van der Waals surface area (Å²) in [5, 5.41) is 6.25. The van der Waals surface area contributed by atoms with E-state index in [0.717, 1.165) is 35.2 Å². The fraction of sp³-hybridized carbons (Fsp3) is 0.500. The molecule has 1 unspecified atom stereocenters. The molecule has 1 aromatic rings. The van der Waals surface area contributed by atoms with Gasteiger partial charge < -0.3 is 10.6 Å². The fourth-order valence-electron chi connectivity index (χ4n) is 2.10. The first-order valence-corrected chi connectivity index (χ1v) is 7.21. The lowest BCUT2D eigenvalue weighted by Gasteiger charge is -2.31. The molecule has 1 amide bonds. The molecule has 1 saturated heterocycles. The van der Waals surface area contributed by atoms with Gasteiger partial charge in [0, 0.05) is 16.1 Å². The predicted octanol–water partition coefficient (Wildman–Crippen LogP) is 3.23. The lowest BCUT2D eigenvalue weighted by atomic mass is 9.88. The predicted molar refractivity (Wildman–Crippen MR) is 84.9 cm³/mol. The molecule has 2 rings (SSSR count). The summed E-state index contributed by atoms with van der Waals surface area (Å²) in [7, 11) is 0. The van der Waals surface area contributed by atoms with Gasteiger partial charge in [-0.2, -0.15) is 0 Å². The number of carbonyl (C=O) groups excluding carboxylic acids is 1. The van der Waals surface area contributed by atoms with Gasteiger partial charge in [0.2, 0.25) is 5.91 Å². The summed E-state index contributed by atoms with van der Waals surface area (Å²) < 4.78 is 1.05. The molecule has 1 heterocycles. The summed E-state index contributed by atoms with van der Waals surface area (Å²) >= 11 is 3.45. The van der Waals surface area contributed by atoms with Crippen molar-refractivity contribution in [2.75, 3.05) is 18.4 Å². The van der Waals surface area contributed by atoms with E-state index in [1.807, 2.05) is 19.1 Å². The molecular weight excluding hydrogens is 328 g/mol. The molecule has 0 aliphatic carbocycles. The Hall–Kier alpha value is -0.580. The van der Waals surface area contributed by atoms with Gasteiger partial charge in [0.1, 0.15) is 0 Å². The van der Waals surface area contributed by atoms with E-state index in [1.54, 1.807) is 0 Å². The zero-order chi connectivity index (χ0) is 13.1. The molecule has 0 spiro atoms. The van der Waals surface area contributed by atoms with Crippen LogP contribution in [0.3, 0.4) is 0 Å². The van der Waals surface area contributed by atoms with Crippen LogP contribution in [-0.4, -0.2) is 19.0 Å². The number of hydrogen-bond acceptors (Lipinski definition) is 2. The van der Waals surface area contributed by atoms with Gasteiger partial charge in [-0.25, -0.2) is 0 Å². The van der Waals surface area contributed by atoms with Gasteiger partial charge in [-0.3, -0.25) is 4.79 Å². The summed E-state index contributed by atoms with van der Waals surface area (Å²) in [6.45, 7) is 6.01. The molecule has 0 radical (unpaired) electrons. The number of benzene rings is 1. The first-order valence-electron chi connectivity index (χ1n) is 6.41. The molecule has 1 fully saturated rings. The Balaban J connectivity index is 0.00000180. The highest BCUT2D eigenvalue weighted by Crippen LogP contribution is 2.24. The van der Waals surface area contributed by atoms with Crippen molar-refractivity contribution in [2.45, 2.75) is 20.3 Å². The summed E-state index contributed by atoms with van der Waals surface area (Å²) in [5.41, 5.74) is 2.10. The molecule has 0 saturated carbocycles. The largest absolute Gasteiger partial charge is 0.326 e. The van der Waals surface area contributed by atoms with Crippen molar-refractivity contribution in [3.05, 3.63) is 28.2 Å². The van der Waals surface area contributed by atoms with Crippen molar-refractivity contribution in [3.8, 4) is 0 Å². The second-order valence-corrected chi connectivity index (χ2v) is 5.77. The minimum atomic E-state index is 0. The van der Waals surface area contributed by atoms with E-state index in [4.69, 9.17) is 0 Å². The van der Waals surface area contributed by atoms with E-state index < -0.39 is 0 Å². The molecule has 19 heavy (non-hydrogen) atoms. The maximum atomic E-state index is 12.1. The van der Waals surface area contributed by atoms with Crippen molar-refractivity contribution in [2.24, 2.45) is 11.8 Å². The molecular formula is C14H20BrClN2O. The van der Waals surface area contributed by atoms with Crippen LogP contribution in [0.15, 0.2) is 22.7 Å². The van der Waals surface area contributed by atoms with Gasteiger partial charge in [0.05, 0.1) is 0 Å². The van der Waals surface area contributed by atoms with Crippen molar-refractivity contribution in [1.29, 1.82) is 0 Å². The Kier molecular flexibility index (Phi) is 6.30. The monoisotopic (exact) mass is 346 g/mol. The van der Waals surface area contributed by atoms with Crippen LogP contribution in [0.2, 0.25) is 0 Å². The van der Waals surface area contributed by atoms with E-state index in [2.05, 4.69) is 39.6 Å². The van der Waals surface area contributed by atoms with Crippen LogP contribution in [0.1, 0.15) is 19.4 Å². The molecule has 0 bridgehead atoms.